The van der Waals surface area contributed by atoms with Crippen LogP contribution in [-0.2, 0) is 4.79 Å². The minimum absolute atomic E-state index is 0.0383. The molecule has 1 atom stereocenters. The average molecular weight is 232 g/mol. The van der Waals surface area contributed by atoms with E-state index in [0.717, 1.165) is 11.8 Å². The van der Waals surface area contributed by atoms with Crippen molar-refractivity contribution >= 4 is 16.9 Å². The van der Waals surface area contributed by atoms with Crippen molar-refractivity contribution in [2.24, 2.45) is 0 Å². The molecule has 14 heavy (non-hydrogen) atoms. The maximum atomic E-state index is 12.6. The van der Waals surface area contributed by atoms with Gasteiger partial charge in [0.2, 0.25) is 0 Å². The van der Waals surface area contributed by atoms with E-state index in [4.69, 9.17) is 0 Å². The van der Waals surface area contributed by atoms with Gasteiger partial charge in [0.25, 0.3) is 0 Å². The van der Waals surface area contributed by atoms with Crippen LogP contribution in [0, 0.1) is 0 Å². The lowest BCUT2D eigenvalue weighted by atomic mass is 10.2. The van der Waals surface area contributed by atoms with Crippen molar-refractivity contribution in [3.05, 3.63) is 0 Å². The van der Waals surface area contributed by atoms with E-state index in [2.05, 4.69) is 0 Å². The Labute approximate surface area is 84.2 Å². The van der Waals surface area contributed by atoms with E-state index in [1.165, 1.54) is 0 Å². The van der Waals surface area contributed by atoms with Gasteiger partial charge in [0.1, 0.15) is 0 Å². The molecule has 0 saturated heterocycles. The van der Waals surface area contributed by atoms with Crippen molar-refractivity contribution in [2.45, 2.75) is 31.9 Å². The molecule has 0 heterocycles. The number of halogens is 4. The summed E-state index contributed by atoms with van der Waals surface area (Å²) >= 11 is 0.797. The van der Waals surface area contributed by atoms with Crippen molar-refractivity contribution < 1.29 is 22.4 Å². The zero-order valence-corrected chi connectivity index (χ0v) is 8.55. The van der Waals surface area contributed by atoms with Crippen LogP contribution in [0.3, 0.4) is 0 Å². The van der Waals surface area contributed by atoms with Crippen LogP contribution in [0.4, 0.5) is 17.6 Å². The molecule has 0 spiro atoms. The second kappa shape index (κ2) is 6.27. The van der Waals surface area contributed by atoms with E-state index < -0.39 is 25.2 Å². The highest BCUT2D eigenvalue weighted by Crippen LogP contribution is 2.25. The van der Waals surface area contributed by atoms with Crippen LogP contribution in [-0.4, -0.2) is 29.6 Å². The monoisotopic (exact) mass is 232 g/mol. The summed E-state index contributed by atoms with van der Waals surface area (Å²) in [7, 11) is 0. The molecule has 0 aromatic carbocycles. The highest BCUT2D eigenvalue weighted by Gasteiger charge is 2.39. The third kappa shape index (κ3) is 4.83. The number of hydrogen-bond donors (Lipinski definition) is 0. The number of thioether (sulfide) groups is 1. The van der Waals surface area contributed by atoms with Crippen LogP contribution < -0.4 is 0 Å². The third-order valence-corrected chi connectivity index (χ3v) is 2.61. The first-order valence-electron chi connectivity index (χ1n) is 4.17. The van der Waals surface area contributed by atoms with Gasteiger partial charge >= 0.3 is 5.92 Å². The van der Waals surface area contributed by atoms with Gasteiger partial charge in [-0.3, -0.25) is 4.79 Å². The fourth-order valence-electron chi connectivity index (χ4n) is 0.673. The summed E-state index contributed by atoms with van der Waals surface area (Å²) in [5.74, 6) is -3.96. The molecule has 6 heteroatoms. The summed E-state index contributed by atoms with van der Waals surface area (Å²) in [6.07, 6.45) is -2.74. The van der Waals surface area contributed by atoms with Gasteiger partial charge in [-0.2, -0.15) is 0 Å². The molecule has 0 fully saturated rings. The minimum atomic E-state index is -3.92. The second-order valence-electron chi connectivity index (χ2n) is 2.72. The molecule has 1 unspecified atom stereocenters. The molecule has 0 N–H and O–H groups in total. The van der Waals surface area contributed by atoms with Crippen LogP contribution >= 0.6 is 11.8 Å². The molecule has 1 nitrogen and oxygen atoms in total. The Bertz CT molecular complexity index is 186. The van der Waals surface area contributed by atoms with Gasteiger partial charge in [-0.15, -0.1) is 0 Å². The fourth-order valence-corrected chi connectivity index (χ4v) is 1.43. The number of alkyl halides is 4. The van der Waals surface area contributed by atoms with Crippen molar-refractivity contribution in [2.75, 3.05) is 12.4 Å². The van der Waals surface area contributed by atoms with E-state index in [0.29, 0.717) is 0 Å². The van der Waals surface area contributed by atoms with E-state index >= 15 is 0 Å². The van der Waals surface area contributed by atoms with E-state index in [1.807, 2.05) is 0 Å². The topological polar surface area (TPSA) is 17.1 Å². The first-order valence-corrected chi connectivity index (χ1v) is 5.16. The molecule has 0 aliphatic heterocycles. The predicted octanol–water partition coefficient (Wildman–Crippen LogP) is 2.99. The normalized spacial score (nSPS) is 14.1. The largest absolute Gasteiger partial charge is 0.306 e. The lowest BCUT2D eigenvalue weighted by molar-refractivity contribution is -0.110. The summed E-state index contributed by atoms with van der Waals surface area (Å²) in [6, 6.07) is 0. The molecule has 0 saturated carbocycles. The summed E-state index contributed by atoms with van der Waals surface area (Å²) in [6.45, 7) is -0.376. The Morgan fingerprint density at radius 3 is 2.50 bits per heavy atom. The first kappa shape index (κ1) is 13.7. The van der Waals surface area contributed by atoms with Crippen LogP contribution in [0.5, 0.6) is 0 Å². The Kier molecular flexibility index (Phi) is 6.15. The molecule has 0 radical (unpaired) electrons. The molecule has 0 aromatic rings. The Balaban J connectivity index is 3.74. The van der Waals surface area contributed by atoms with Crippen LogP contribution in [0.25, 0.3) is 0 Å². The maximum absolute atomic E-state index is 12.6. The fraction of sp³-hybridized carbons (Fsp3) is 0.875. The van der Waals surface area contributed by atoms with Crippen LogP contribution in [0.2, 0.25) is 0 Å². The third-order valence-electron chi connectivity index (χ3n) is 1.56. The molecule has 0 aliphatic carbocycles. The molecule has 0 bridgehead atoms. The highest BCUT2D eigenvalue weighted by atomic mass is 32.2. The van der Waals surface area contributed by atoms with Gasteiger partial charge in [-0.1, -0.05) is 18.7 Å². The number of carbonyl (C=O) groups excluding carboxylic acids is 1. The molecule has 0 rings (SSSR count). The van der Waals surface area contributed by atoms with Crippen molar-refractivity contribution in [3.63, 3.8) is 0 Å². The Morgan fingerprint density at radius 1 is 1.50 bits per heavy atom. The average Bonchev–Trinajstić information content (AvgIpc) is 2.17. The quantitative estimate of drug-likeness (QED) is 0.655. The van der Waals surface area contributed by atoms with E-state index in [-0.39, 0.29) is 17.3 Å². The summed E-state index contributed by atoms with van der Waals surface area (Å²) < 4.78 is 48.8. The Hall–Kier alpha value is -0.260. The zero-order chi connectivity index (χ0) is 11.2. The van der Waals surface area contributed by atoms with E-state index in [9.17, 15) is 22.4 Å². The lowest BCUT2D eigenvalue weighted by Gasteiger charge is -2.16. The van der Waals surface area contributed by atoms with Gasteiger partial charge in [0.05, 0.1) is 0 Å². The van der Waals surface area contributed by atoms with Crippen molar-refractivity contribution in [1.82, 2.24) is 0 Å². The number of hydrogen-bond acceptors (Lipinski definition) is 2. The maximum Gasteiger partial charge on any atom is 0.306 e. The Morgan fingerprint density at radius 2 is 2.07 bits per heavy atom. The van der Waals surface area contributed by atoms with Crippen molar-refractivity contribution in [3.8, 4) is 0 Å². The summed E-state index contributed by atoms with van der Waals surface area (Å²) in [5, 5.41) is -0.180. The summed E-state index contributed by atoms with van der Waals surface area (Å²) in [5.41, 5.74) is 0. The number of carbonyl (C=O) groups is 1. The summed E-state index contributed by atoms with van der Waals surface area (Å²) in [4.78, 5) is 10.7. The molecule has 0 aromatic heterocycles. The molecule has 0 amide bonds. The van der Waals surface area contributed by atoms with Gasteiger partial charge < -0.3 is 0 Å². The highest BCUT2D eigenvalue weighted by molar-refractivity contribution is 8.13. The lowest BCUT2D eigenvalue weighted by Crippen LogP contribution is -2.32. The van der Waals surface area contributed by atoms with Gasteiger partial charge in [0, 0.05) is 12.2 Å². The zero-order valence-electron chi connectivity index (χ0n) is 7.73. The molecular weight excluding hydrogens is 220 g/mol. The predicted molar refractivity (Wildman–Crippen MR) is 48.2 cm³/mol. The van der Waals surface area contributed by atoms with Gasteiger partial charge in [-0.05, 0) is 6.42 Å². The van der Waals surface area contributed by atoms with Crippen LogP contribution in [0.15, 0.2) is 0 Å². The van der Waals surface area contributed by atoms with Crippen LogP contribution in [0.1, 0.15) is 19.8 Å². The molecule has 84 valence electrons. The minimum Gasteiger partial charge on any atom is -0.287 e. The number of rotatable bonds is 6. The van der Waals surface area contributed by atoms with Crippen molar-refractivity contribution in [1.29, 1.82) is 0 Å². The SMILES string of the molecule is CCC(=O)SCCC(F)C(F)(F)CF. The molecular formula is C8H12F4OS. The smallest absolute Gasteiger partial charge is 0.287 e. The molecule has 0 aliphatic rings. The standard InChI is InChI=1S/C8H12F4OS/c1-2-7(13)14-4-3-6(10)8(11,12)5-9/h6H,2-5H2,1H3. The first-order chi connectivity index (χ1) is 6.44. The van der Waals surface area contributed by atoms with Gasteiger partial charge in [0.15, 0.2) is 18.0 Å². The second-order valence-corrected chi connectivity index (χ2v) is 3.88. The van der Waals surface area contributed by atoms with Gasteiger partial charge in [-0.25, -0.2) is 17.6 Å². The van der Waals surface area contributed by atoms with E-state index in [1.54, 1.807) is 6.92 Å².